The van der Waals surface area contributed by atoms with Crippen LogP contribution in [0.15, 0.2) is 0 Å². The molecule has 0 atom stereocenters. The van der Waals surface area contributed by atoms with Crippen molar-refractivity contribution in [1.29, 1.82) is 0 Å². The van der Waals surface area contributed by atoms with Gasteiger partial charge >= 0.3 is 60.6 Å². The Bertz CT molecular complexity index is 64.7. The summed E-state index contributed by atoms with van der Waals surface area (Å²) in [5.74, 6) is 0. The molecule has 7 heavy (non-hydrogen) atoms. The van der Waals surface area contributed by atoms with Crippen molar-refractivity contribution in [3.63, 3.8) is 0 Å². The summed E-state index contributed by atoms with van der Waals surface area (Å²) in [5.41, 5.74) is 0. The quantitative estimate of drug-likeness (QED) is 0.251. The van der Waals surface area contributed by atoms with E-state index in [-0.39, 0.29) is 71.6 Å². The third-order valence-corrected chi connectivity index (χ3v) is 0. The van der Waals surface area contributed by atoms with Gasteiger partial charge in [0.25, 0.3) is 0 Å². The van der Waals surface area contributed by atoms with Gasteiger partial charge in [0.2, 0.25) is 0 Å². The van der Waals surface area contributed by atoms with Crippen LogP contribution in [0.5, 0.6) is 0 Å². The Balaban J connectivity index is -0.0000000133. The van der Waals surface area contributed by atoms with Gasteiger partial charge in [0.05, 0.1) is 0 Å². The summed E-state index contributed by atoms with van der Waals surface area (Å²) >= 11 is 0. The summed E-state index contributed by atoms with van der Waals surface area (Å²) in [5, 5.41) is 0. The molecule has 0 bridgehead atoms. The fourth-order valence-electron chi connectivity index (χ4n) is 0. The SMILES string of the molecule is O=P(O)(O)O.[AlH3].[H+].[H-].[K+]. The molecule has 0 saturated heterocycles. The van der Waals surface area contributed by atoms with Crippen LogP contribution in [0.4, 0.5) is 0 Å². The first-order chi connectivity index (χ1) is 2.00. The largest absolute Gasteiger partial charge is 1.00 e. The van der Waals surface area contributed by atoms with Gasteiger partial charge in [-0.3, -0.25) is 0 Å². The number of hydrogen-bond donors (Lipinski definition) is 3. The molecule has 0 unspecified atom stereocenters. The zero-order valence-corrected chi connectivity index (χ0v) is 7.21. The van der Waals surface area contributed by atoms with Gasteiger partial charge in [-0.15, -0.1) is 0 Å². The van der Waals surface area contributed by atoms with Crippen LogP contribution in [0.2, 0.25) is 0 Å². The van der Waals surface area contributed by atoms with Crippen LogP contribution < -0.4 is 51.4 Å². The van der Waals surface area contributed by atoms with Gasteiger partial charge in [-0.1, -0.05) is 0 Å². The van der Waals surface area contributed by atoms with E-state index in [1.165, 1.54) is 0 Å². The van der Waals surface area contributed by atoms with Crippen molar-refractivity contribution in [1.82, 2.24) is 0 Å². The summed E-state index contributed by atoms with van der Waals surface area (Å²) in [6, 6.07) is 0. The summed E-state index contributed by atoms with van der Waals surface area (Å²) in [6.07, 6.45) is 0. The maximum atomic E-state index is 8.88. The molecule has 4 nitrogen and oxygen atoms in total. The van der Waals surface area contributed by atoms with Crippen LogP contribution in [0, 0.1) is 0 Å². The first-order valence-electron chi connectivity index (χ1n) is 0.783. The van der Waals surface area contributed by atoms with Crippen molar-refractivity contribution >= 4 is 25.2 Å². The van der Waals surface area contributed by atoms with Crippen molar-refractivity contribution in [3.8, 4) is 0 Å². The normalized spacial score (nSPS) is 8.43. The first-order valence-corrected chi connectivity index (χ1v) is 2.35. The molecule has 0 fully saturated rings. The summed E-state index contributed by atoms with van der Waals surface area (Å²) < 4.78 is 8.88. The molecule has 0 radical (unpaired) electrons. The van der Waals surface area contributed by atoms with E-state index in [2.05, 4.69) is 0 Å². The van der Waals surface area contributed by atoms with Gasteiger partial charge in [-0.05, 0) is 0 Å². The second kappa shape index (κ2) is 6.40. The third-order valence-electron chi connectivity index (χ3n) is 0. The number of rotatable bonds is 0. The van der Waals surface area contributed by atoms with Crippen molar-refractivity contribution in [3.05, 3.63) is 0 Å². The van der Waals surface area contributed by atoms with Crippen LogP contribution >= 0.6 is 7.82 Å². The fourth-order valence-corrected chi connectivity index (χ4v) is 0. The van der Waals surface area contributed by atoms with E-state index in [0.717, 1.165) is 0 Å². The fraction of sp³-hybridized carbons (Fsp3) is 0. The number of hydrogen-bond acceptors (Lipinski definition) is 1. The van der Waals surface area contributed by atoms with Crippen LogP contribution in [0.25, 0.3) is 0 Å². The predicted octanol–water partition coefficient (Wildman–Crippen LogP) is -4.88. The molecular formula is H8AlKO4P+. The van der Waals surface area contributed by atoms with Gasteiger partial charge in [0.15, 0.2) is 17.4 Å². The Morgan fingerprint density at radius 3 is 1.43 bits per heavy atom. The van der Waals surface area contributed by atoms with Gasteiger partial charge in [-0.2, -0.15) is 0 Å². The van der Waals surface area contributed by atoms with E-state index in [4.69, 9.17) is 19.2 Å². The zero-order valence-electron chi connectivity index (χ0n) is 5.20. The Labute approximate surface area is 97.1 Å². The van der Waals surface area contributed by atoms with Crippen LogP contribution in [0.3, 0.4) is 0 Å². The molecule has 0 aliphatic heterocycles. The van der Waals surface area contributed by atoms with Gasteiger partial charge < -0.3 is 16.1 Å². The van der Waals surface area contributed by atoms with Gasteiger partial charge in [0, 0.05) is 0 Å². The van der Waals surface area contributed by atoms with E-state index < -0.39 is 7.82 Å². The Morgan fingerprint density at radius 1 is 1.43 bits per heavy atom. The van der Waals surface area contributed by atoms with E-state index in [1.54, 1.807) is 0 Å². The molecule has 0 spiro atoms. The molecule has 40 valence electrons. The average molecular weight is 169 g/mol. The summed E-state index contributed by atoms with van der Waals surface area (Å²) in [7, 11) is -4.64. The van der Waals surface area contributed by atoms with Crippen LogP contribution in [-0.4, -0.2) is 32.0 Å². The molecule has 0 amide bonds. The average Bonchev–Trinajstić information content (AvgIpc) is 0.722. The first kappa shape index (κ1) is 16.1. The molecule has 0 rings (SSSR count). The Morgan fingerprint density at radius 2 is 1.43 bits per heavy atom. The molecule has 0 aromatic heterocycles. The second-order valence-corrected chi connectivity index (χ2v) is 1.54. The zero-order chi connectivity index (χ0) is 4.50. The third kappa shape index (κ3) is 62.8. The van der Waals surface area contributed by atoms with Crippen LogP contribution in [0.1, 0.15) is 2.85 Å². The molecule has 7 heteroatoms. The number of phosphoric acid groups is 1. The maximum absolute atomic E-state index is 8.88. The summed E-state index contributed by atoms with van der Waals surface area (Å²) in [6.45, 7) is 0. The minimum atomic E-state index is -4.64. The minimum absolute atomic E-state index is 0. The van der Waals surface area contributed by atoms with E-state index >= 15 is 0 Å². The molecule has 0 aromatic rings. The molecular weight excluding hydrogens is 161 g/mol. The standard InChI is InChI=1S/Al.K.H3O4P.4H/c;;1-5(2,3)4;;;;/h;;(H3,1,2,3,4);;;;/q;+1;;;;;-1/p+1. The maximum Gasteiger partial charge on any atom is 1.00 e. The van der Waals surface area contributed by atoms with Gasteiger partial charge in [-0.25, -0.2) is 4.57 Å². The van der Waals surface area contributed by atoms with E-state index in [1.807, 2.05) is 0 Å². The summed E-state index contributed by atoms with van der Waals surface area (Å²) in [4.78, 5) is 21.6. The van der Waals surface area contributed by atoms with Crippen molar-refractivity contribution in [2.75, 3.05) is 0 Å². The molecule has 0 aromatic carbocycles. The van der Waals surface area contributed by atoms with Crippen molar-refractivity contribution in [2.45, 2.75) is 0 Å². The van der Waals surface area contributed by atoms with Crippen molar-refractivity contribution < 1.29 is 73.5 Å². The smallest absolute Gasteiger partial charge is 1.00 e. The topological polar surface area (TPSA) is 77.8 Å². The predicted molar refractivity (Wildman–Crippen MR) is 26.4 cm³/mol. The second-order valence-electron chi connectivity index (χ2n) is 0.513. The van der Waals surface area contributed by atoms with E-state index in [0.29, 0.717) is 0 Å². The Hall–Kier alpha value is 2.28. The minimum Gasteiger partial charge on any atom is -1.00 e. The molecule has 3 N–H and O–H groups in total. The molecule has 0 saturated carbocycles. The molecule has 0 aliphatic rings. The van der Waals surface area contributed by atoms with Crippen molar-refractivity contribution in [2.24, 2.45) is 0 Å². The molecule has 0 heterocycles. The molecule has 0 aliphatic carbocycles. The van der Waals surface area contributed by atoms with Crippen LogP contribution in [-0.2, 0) is 4.57 Å². The van der Waals surface area contributed by atoms with Gasteiger partial charge in [0.1, 0.15) is 0 Å². The Kier molecular flexibility index (Phi) is 14.7. The monoisotopic (exact) mass is 169 g/mol. The van der Waals surface area contributed by atoms with E-state index in [9.17, 15) is 0 Å².